The molecule has 2 heterocycles. The number of carbonyl (C=O) groups excluding carboxylic acids is 1. The standard InChI is InChI=1S/C20H25N3O2S.C9H16O2.C6H13NO2S/c1-12(2)21-19-23-17(11-26-19)16-10-18(25-20(3,4)5)14-8-7-13(24-6)9-15(14)22-16;1-7(2)9(10)11-8-5-3-4-6-8;1-5(2)7-10(8,9)6-3-4-6/h7-12H,1-6H3,(H,21,23);7-8H,3-6H2,1-2H3;5-7H,3-4H2,1-2H3. The van der Waals surface area contributed by atoms with Crippen molar-refractivity contribution in [1.82, 2.24) is 14.7 Å². The highest BCUT2D eigenvalue weighted by Gasteiger charge is 2.35. The van der Waals surface area contributed by atoms with Gasteiger partial charge in [-0.25, -0.2) is 23.1 Å². The Labute approximate surface area is 285 Å². The fourth-order valence-corrected chi connectivity index (χ4v) is 7.12. The minimum absolute atomic E-state index is 0.0237. The molecule has 5 rings (SSSR count). The molecule has 47 heavy (non-hydrogen) atoms. The van der Waals surface area contributed by atoms with Gasteiger partial charge in [-0.05, 0) is 99.1 Å². The average molecular weight is 691 g/mol. The number of benzene rings is 1. The maximum absolute atomic E-state index is 11.1. The van der Waals surface area contributed by atoms with Gasteiger partial charge in [0.15, 0.2) is 5.13 Å². The Kier molecular flexibility index (Phi) is 13.9. The van der Waals surface area contributed by atoms with E-state index in [9.17, 15) is 13.2 Å². The van der Waals surface area contributed by atoms with Gasteiger partial charge in [0.05, 0.1) is 29.5 Å². The van der Waals surface area contributed by atoms with Gasteiger partial charge in [0.2, 0.25) is 10.0 Å². The molecule has 10 nitrogen and oxygen atoms in total. The first-order chi connectivity index (χ1) is 22.0. The Morgan fingerprint density at radius 1 is 0.936 bits per heavy atom. The van der Waals surface area contributed by atoms with Gasteiger partial charge < -0.3 is 19.5 Å². The van der Waals surface area contributed by atoms with Crippen LogP contribution in [0.25, 0.3) is 22.3 Å². The lowest BCUT2D eigenvalue weighted by molar-refractivity contribution is -0.152. The van der Waals surface area contributed by atoms with Crippen molar-refractivity contribution in [2.75, 3.05) is 12.4 Å². The van der Waals surface area contributed by atoms with E-state index in [1.807, 2.05) is 78.1 Å². The molecule has 1 aromatic carbocycles. The number of esters is 1. The van der Waals surface area contributed by atoms with E-state index in [-0.39, 0.29) is 34.9 Å². The highest BCUT2D eigenvalue weighted by molar-refractivity contribution is 7.90. The lowest BCUT2D eigenvalue weighted by atomic mass is 10.1. The number of hydrogen-bond donors (Lipinski definition) is 2. The number of rotatable bonds is 10. The number of anilines is 1. The largest absolute Gasteiger partial charge is 0.497 e. The second kappa shape index (κ2) is 16.9. The summed E-state index contributed by atoms with van der Waals surface area (Å²) >= 11 is 1.58. The summed E-state index contributed by atoms with van der Waals surface area (Å²) in [5.74, 6) is 1.54. The molecule has 3 aromatic rings. The van der Waals surface area contributed by atoms with E-state index in [1.165, 1.54) is 12.8 Å². The smallest absolute Gasteiger partial charge is 0.308 e. The van der Waals surface area contributed by atoms with E-state index in [0.717, 1.165) is 64.6 Å². The van der Waals surface area contributed by atoms with Crippen LogP contribution in [0, 0.1) is 5.92 Å². The fraction of sp³-hybridized carbons (Fsp3) is 0.629. The van der Waals surface area contributed by atoms with Crippen LogP contribution in [-0.4, -0.2) is 60.5 Å². The van der Waals surface area contributed by atoms with E-state index in [2.05, 4.69) is 28.9 Å². The fourth-order valence-electron chi connectivity index (χ4n) is 4.66. The summed E-state index contributed by atoms with van der Waals surface area (Å²) in [4.78, 5) is 20.5. The molecule has 2 aliphatic rings. The Morgan fingerprint density at radius 3 is 2.13 bits per heavy atom. The number of hydrogen-bond acceptors (Lipinski definition) is 10. The van der Waals surface area contributed by atoms with Crippen LogP contribution >= 0.6 is 11.3 Å². The van der Waals surface area contributed by atoms with Gasteiger partial charge in [0.1, 0.15) is 28.9 Å². The van der Waals surface area contributed by atoms with Crippen LogP contribution in [0.1, 0.15) is 101 Å². The second-order valence-electron chi connectivity index (χ2n) is 14.0. The first-order valence-corrected chi connectivity index (χ1v) is 19.0. The topological polar surface area (TPSA) is 129 Å². The minimum atomic E-state index is -2.94. The van der Waals surface area contributed by atoms with Crippen molar-refractivity contribution in [1.29, 1.82) is 0 Å². The summed E-state index contributed by atoms with van der Waals surface area (Å²) in [7, 11) is -1.28. The molecule has 0 bridgehead atoms. The zero-order valence-corrected chi connectivity index (χ0v) is 31.3. The van der Waals surface area contributed by atoms with Crippen molar-refractivity contribution >= 4 is 43.4 Å². The highest BCUT2D eigenvalue weighted by atomic mass is 32.2. The van der Waals surface area contributed by atoms with Crippen LogP contribution in [-0.2, 0) is 19.6 Å². The molecule has 0 spiro atoms. The number of pyridine rings is 1. The molecular weight excluding hydrogens is 637 g/mol. The minimum Gasteiger partial charge on any atom is -0.497 e. The first kappa shape index (κ1) is 38.5. The number of carbonyl (C=O) groups is 1. The molecule has 0 aliphatic heterocycles. The third-order valence-corrected chi connectivity index (χ3v) is 9.92. The number of methoxy groups -OCH3 is 1. The van der Waals surface area contributed by atoms with Gasteiger partial charge in [0.25, 0.3) is 0 Å². The van der Waals surface area contributed by atoms with Crippen molar-refractivity contribution in [2.45, 2.75) is 130 Å². The first-order valence-electron chi connectivity index (χ1n) is 16.6. The van der Waals surface area contributed by atoms with Gasteiger partial charge in [-0.15, -0.1) is 11.3 Å². The monoisotopic (exact) mass is 690 g/mol. The molecule has 0 unspecified atom stereocenters. The van der Waals surface area contributed by atoms with Crippen LogP contribution in [0.2, 0.25) is 0 Å². The Hall–Kier alpha value is -2.96. The molecule has 0 amide bonds. The Balaban J connectivity index is 0.000000234. The normalized spacial score (nSPS) is 15.3. The number of ether oxygens (including phenoxy) is 3. The van der Waals surface area contributed by atoms with Crippen LogP contribution in [0.4, 0.5) is 5.13 Å². The van der Waals surface area contributed by atoms with Gasteiger partial charge in [0, 0.05) is 35.0 Å². The molecule has 2 aliphatic carbocycles. The van der Waals surface area contributed by atoms with E-state index >= 15 is 0 Å². The number of aromatic nitrogens is 2. The summed E-state index contributed by atoms with van der Waals surface area (Å²) < 4.78 is 41.5. The highest BCUT2D eigenvalue weighted by Crippen LogP contribution is 2.35. The number of fused-ring (bicyclic) bond motifs is 1. The molecule has 0 radical (unpaired) electrons. The lowest BCUT2D eigenvalue weighted by Crippen LogP contribution is -2.32. The lowest BCUT2D eigenvalue weighted by Gasteiger charge is -2.22. The summed E-state index contributed by atoms with van der Waals surface area (Å²) in [6.07, 6.45) is 6.47. The predicted molar refractivity (Wildman–Crippen MR) is 192 cm³/mol. The second-order valence-corrected chi connectivity index (χ2v) is 16.8. The Morgan fingerprint density at radius 2 is 1.60 bits per heavy atom. The molecule has 2 aromatic heterocycles. The number of thiazole rings is 1. The van der Waals surface area contributed by atoms with Crippen molar-refractivity contribution in [3.05, 3.63) is 29.6 Å². The van der Waals surface area contributed by atoms with Gasteiger partial charge in [-0.2, -0.15) is 0 Å². The van der Waals surface area contributed by atoms with Crippen molar-refractivity contribution in [3.8, 4) is 22.9 Å². The molecule has 12 heteroatoms. The van der Waals surface area contributed by atoms with Gasteiger partial charge in [-0.1, -0.05) is 13.8 Å². The van der Waals surface area contributed by atoms with Crippen molar-refractivity contribution in [2.24, 2.45) is 5.92 Å². The quantitative estimate of drug-likeness (QED) is 0.204. The molecular formula is C35H54N4O6S2. The third kappa shape index (κ3) is 12.9. The van der Waals surface area contributed by atoms with E-state index in [0.29, 0.717) is 6.04 Å². The maximum atomic E-state index is 11.1. The maximum Gasteiger partial charge on any atom is 0.308 e. The van der Waals surface area contributed by atoms with Crippen LogP contribution in [0.3, 0.4) is 0 Å². The number of sulfonamides is 1. The third-order valence-electron chi connectivity index (χ3n) is 6.99. The number of nitrogens with zero attached hydrogens (tertiary/aromatic N) is 2. The van der Waals surface area contributed by atoms with Crippen molar-refractivity contribution in [3.63, 3.8) is 0 Å². The SMILES string of the molecule is CC(C)C(=O)OC1CCCC1.CC(C)NS(=O)(=O)C1CC1.COc1ccc2c(OC(C)(C)C)cc(-c3csc(NC(C)C)n3)nc2c1. The van der Waals surface area contributed by atoms with Crippen LogP contribution in [0.15, 0.2) is 29.6 Å². The Bertz CT molecular complexity index is 1550. The van der Waals surface area contributed by atoms with E-state index in [1.54, 1.807) is 18.4 Å². The molecule has 262 valence electrons. The predicted octanol–water partition coefficient (Wildman–Crippen LogP) is 7.97. The molecule has 0 saturated heterocycles. The molecule has 2 N–H and O–H groups in total. The summed E-state index contributed by atoms with van der Waals surface area (Å²) in [6, 6.07) is 8.17. The molecule has 2 saturated carbocycles. The summed E-state index contributed by atoms with van der Waals surface area (Å²) in [5, 5.41) is 7.11. The molecule has 2 fully saturated rings. The van der Waals surface area contributed by atoms with Gasteiger partial charge >= 0.3 is 5.97 Å². The van der Waals surface area contributed by atoms with Crippen molar-refractivity contribution < 1.29 is 27.4 Å². The van der Waals surface area contributed by atoms with E-state index in [4.69, 9.17) is 19.2 Å². The number of nitrogens with one attached hydrogen (secondary N) is 2. The van der Waals surface area contributed by atoms with Gasteiger partial charge in [-0.3, -0.25) is 4.79 Å². The zero-order chi connectivity index (χ0) is 34.9. The summed E-state index contributed by atoms with van der Waals surface area (Å²) in [5.41, 5.74) is 2.14. The zero-order valence-electron chi connectivity index (χ0n) is 29.7. The van der Waals surface area contributed by atoms with Crippen LogP contribution < -0.4 is 19.5 Å². The summed E-state index contributed by atoms with van der Waals surface area (Å²) in [6.45, 7) is 17.7. The van der Waals surface area contributed by atoms with E-state index < -0.39 is 10.0 Å². The average Bonchev–Trinajstić information content (AvgIpc) is 3.54. The molecule has 0 atom stereocenters. The van der Waals surface area contributed by atoms with Crippen LogP contribution in [0.5, 0.6) is 11.5 Å².